The minimum absolute atomic E-state index is 0.248. The number of rotatable bonds is 2. The van der Waals surface area contributed by atoms with Crippen LogP contribution in [0.15, 0.2) is 54.6 Å². The largest absolute Gasteiger partial charge is 0.288 e. The van der Waals surface area contributed by atoms with Crippen LogP contribution in [-0.4, -0.2) is 5.78 Å². The van der Waals surface area contributed by atoms with Crippen molar-refractivity contribution in [1.82, 2.24) is 0 Å². The molecule has 3 rings (SSSR count). The summed E-state index contributed by atoms with van der Waals surface area (Å²) < 4.78 is 40.0. The molecule has 0 heterocycles. The summed E-state index contributed by atoms with van der Waals surface area (Å²) in [4.78, 5) is 12.4. The van der Waals surface area contributed by atoms with Gasteiger partial charge in [0.15, 0.2) is 23.2 Å². The van der Waals surface area contributed by atoms with Crippen LogP contribution in [0.5, 0.6) is 0 Å². The van der Waals surface area contributed by atoms with Gasteiger partial charge in [-0.15, -0.1) is 0 Å². The lowest BCUT2D eigenvalue weighted by molar-refractivity contribution is 0.103. The number of hydrogen-bond donors (Lipinski definition) is 0. The summed E-state index contributed by atoms with van der Waals surface area (Å²) >= 11 is 0. The smallest absolute Gasteiger partial charge is 0.196 e. The summed E-state index contributed by atoms with van der Waals surface area (Å²) in [5, 5.41) is 1.44. The van der Waals surface area contributed by atoms with Crippen LogP contribution in [0.4, 0.5) is 13.2 Å². The number of halogens is 3. The Hall–Kier alpha value is -2.62. The van der Waals surface area contributed by atoms with Gasteiger partial charge in [-0.25, -0.2) is 13.2 Å². The van der Waals surface area contributed by atoms with Crippen molar-refractivity contribution in [3.05, 3.63) is 83.2 Å². The normalized spacial score (nSPS) is 10.8. The SMILES string of the molecule is O=C(c1ccc(F)c(F)c1F)c1cccc2ccccc12. The molecule has 0 aliphatic rings. The molecule has 0 saturated heterocycles. The Morgan fingerprint density at radius 2 is 1.43 bits per heavy atom. The van der Waals surface area contributed by atoms with E-state index in [0.29, 0.717) is 5.39 Å². The van der Waals surface area contributed by atoms with Crippen molar-refractivity contribution in [2.45, 2.75) is 0 Å². The summed E-state index contributed by atoms with van der Waals surface area (Å²) in [5.41, 5.74) is -0.233. The minimum Gasteiger partial charge on any atom is -0.288 e. The van der Waals surface area contributed by atoms with E-state index >= 15 is 0 Å². The monoisotopic (exact) mass is 286 g/mol. The quantitative estimate of drug-likeness (QED) is 0.501. The molecule has 0 fully saturated rings. The first kappa shape index (κ1) is 13.4. The average Bonchev–Trinajstić information content (AvgIpc) is 2.51. The highest BCUT2D eigenvalue weighted by Gasteiger charge is 2.21. The number of carbonyl (C=O) groups excluding carboxylic acids is 1. The second-order valence-corrected chi connectivity index (χ2v) is 4.58. The molecule has 3 aromatic rings. The number of carbonyl (C=O) groups is 1. The van der Waals surface area contributed by atoms with Gasteiger partial charge in [0.2, 0.25) is 0 Å². The number of fused-ring (bicyclic) bond motifs is 1. The number of ketones is 1. The molecule has 0 amide bonds. The maximum absolute atomic E-state index is 13.8. The summed E-state index contributed by atoms with van der Waals surface area (Å²) in [5.74, 6) is -5.10. The molecule has 104 valence electrons. The second kappa shape index (κ2) is 5.05. The van der Waals surface area contributed by atoms with Gasteiger partial charge in [0, 0.05) is 5.56 Å². The van der Waals surface area contributed by atoms with Gasteiger partial charge in [0.05, 0.1) is 5.56 Å². The fourth-order valence-corrected chi connectivity index (χ4v) is 2.27. The molecule has 1 nitrogen and oxygen atoms in total. The fraction of sp³-hybridized carbons (Fsp3) is 0. The summed E-state index contributed by atoms with van der Waals surface area (Å²) in [7, 11) is 0. The van der Waals surface area contributed by atoms with Gasteiger partial charge in [0.25, 0.3) is 0 Å². The van der Waals surface area contributed by atoms with E-state index < -0.39 is 28.8 Å². The zero-order valence-corrected chi connectivity index (χ0v) is 10.7. The molecule has 3 aromatic carbocycles. The highest BCUT2D eigenvalue weighted by atomic mass is 19.2. The van der Waals surface area contributed by atoms with E-state index in [0.717, 1.165) is 17.5 Å². The third-order valence-electron chi connectivity index (χ3n) is 3.31. The van der Waals surface area contributed by atoms with Crippen LogP contribution in [-0.2, 0) is 0 Å². The Bertz CT molecular complexity index is 851. The van der Waals surface area contributed by atoms with Gasteiger partial charge in [-0.1, -0.05) is 42.5 Å². The van der Waals surface area contributed by atoms with E-state index in [1.807, 2.05) is 18.2 Å². The van der Waals surface area contributed by atoms with Crippen molar-refractivity contribution >= 4 is 16.6 Å². The molecule has 0 N–H and O–H groups in total. The number of hydrogen-bond acceptors (Lipinski definition) is 1. The van der Waals surface area contributed by atoms with Crippen LogP contribution in [0.3, 0.4) is 0 Å². The predicted octanol–water partition coefficient (Wildman–Crippen LogP) is 4.49. The van der Waals surface area contributed by atoms with Gasteiger partial charge in [0.1, 0.15) is 0 Å². The third-order valence-corrected chi connectivity index (χ3v) is 3.31. The van der Waals surface area contributed by atoms with Crippen molar-refractivity contribution in [1.29, 1.82) is 0 Å². The van der Waals surface area contributed by atoms with Gasteiger partial charge >= 0.3 is 0 Å². The van der Waals surface area contributed by atoms with E-state index in [1.54, 1.807) is 18.2 Å². The Morgan fingerprint density at radius 3 is 2.24 bits per heavy atom. The van der Waals surface area contributed by atoms with Gasteiger partial charge in [-0.3, -0.25) is 4.79 Å². The van der Waals surface area contributed by atoms with Crippen LogP contribution >= 0.6 is 0 Å². The molecule has 0 aliphatic carbocycles. The van der Waals surface area contributed by atoms with Crippen molar-refractivity contribution in [3.8, 4) is 0 Å². The van der Waals surface area contributed by atoms with E-state index in [2.05, 4.69) is 0 Å². The highest BCUT2D eigenvalue weighted by molar-refractivity contribution is 6.16. The lowest BCUT2D eigenvalue weighted by Crippen LogP contribution is -2.07. The fourth-order valence-electron chi connectivity index (χ4n) is 2.27. The van der Waals surface area contributed by atoms with Crippen molar-refractivity contribution in [3.63, 3.8) is 0 Å². The maximum Gasteiger partial charge on any atom is 0.196 e. The Morgan fingerprint density at radius 1 is 0.714 bits per heavy atom. The van der Waals surface area contributed by atoms with Crippen molar-refractivity contribution in [2.75, 3.05) is 0 Å². The van der Waals surface area contributed by atoms with Gasteiger partial charge in [-0.2, -0.15) is 0 Å². The van der Waals surface area contributed by atoms with E-state index in [4.69, 9.17) is 0 Å². The summed E-state index contributed by atoms with van der Waals surface area (Å²) in [6, 6.07) is 13.8. The molecule has 0 aliphatic heterocycles. The number of benzene rings is 3. The predicted molar refractivity (Wildman–Crippen MR) is 73.7 cm³/mol. The highest BCUT2D eigenvalue weighted by Crippen LogP contribution is 2.24. The lowest BCUT2D eigenvalue weighted by atomic mass is 9.97. The van der Waals surface area contributed by atoms with E-state index in [1.165, 1.54) is 6.07 Å². The van der Waals surface area contributed by atoms with E-state index in [9.17, 15) is 18.0 Å². The van der Waals surface area contributed by atoms with Crippen molar-refractivity contribution in [2.24, 2.45) is 0 Å². The topological polar surface area (TPSA) is 17.1 Å². The van der Waals surface area contributed by atoms with Crippen LogP contribution in [0.25, 0.3) is 10.8 Å². The van der Waals surface area contributed by atoms with Crippen LogP contribution in [0.1, 0.15) is 15.9 Å². The molecule has 21 heavy (non-hydrogen) atoms. The Labute approximate surface area is 118 Å². The van der Waals surface area contributed by atoms with Crippen LogP contribution in [0, 0.1) is 17.5 Å². The molecule has 0 aromatic heterocycles. The zero-order chi connectivity index (χ0) is 15.0. The molecule has 0 unspecified atom stereocenters. The molecular formula is C17H9F3O. The molecular weight excluding hydrogens is 277 g/mol. The Balaban J connectivity index is 2.20. The Kier molecular flexibility index (Phi) is 3.22. The first-order chi connectivity index (χ1) is 10.1. The summed E-state index contributed by atoms with van der Waals surface area (Å²) in [6.45, 7) is 0. The lowest BCUT2D eigenvalue weighted by Gasteiger charge is -2.07. The molecule has 0 atom stereocenters. The second-order valence-electron chi connectivity index (χ2n) is 4.58. The van der Waals surface area contributed by atoms with Crippen LogP contribution in [0.2, 0.25) is 0 Å². The zero-order valence-electron chi connectivity index (χ0n) is 10.7. The summed E-state index contributed by atoms with van der Waals surface area (Å²) in [6.07, 6.45) is 0. The third kappa shape index (κ3) is 2.18. The molecule has 0 bridgehead atoms. The van der Waals surface area contributed by atoms with E-state index in [-0.39, 0.29) is 5.56 Å². The molecule has 0 saturated carbocycles. The first-order valence-electron chi connectivity index (χ1n) is 6.25. The standard InChI is InChI=1S/C17H9F3O/c18-14-9-8-13(15(19)16(14)20)17(21)12-7-3-5-10-4-1-2-6-11(10)12/h1-9H. The molecule has 0 spiro atoms. The average molecular weight is 286 g/mol. The molecule has 0 radical (unpaired) electrons. The first-order valence-corrected chi connectivity index (χ1v) is 6.25. The van der Waals surface area contributed by atoms with Gasteiger partial charge < -0.3 is 0 Å². The maximum atomic E-state index is 13.8. The molecule has 4 heteroatoms. The van der Waals surface area contributed by atoms with Crippen LogP contribution < -0.4 is 0 Å². The van der Waals surface area contributed by atoms with Gasteiger partial charge in [-0.05, 0) is 22.9 Å². The van der Waals surface area contributed by atoms with Crippen molar-refractivity contribution < 1.29 is 18.0 Å². The minimum atomic E-state index is -1.64.